The maximum Gasteiger partial charge on any atom is 0.310 e. The molecule has 0 aliphatic carbocycles. The Balaban J connectivity index is 3.66. The zero-order chi connectivity index (χ0) is 27.8. The summed E-state index contributed by atoms with van der Waals surface area (Å²) in [6.07, 6.45) is 39.8. The van der Waals surface area contributed by atoms with Gasteiger partial charge in [0.1, 0.15) is 6.10 Å². The van der Waals surface area contributed by atoms with E-state index in [1.807, 2.05) is 12.2 Å². The first-order valence-corrected chi connectivity index (χ1v) is 15.4. The van der Waals surface area contributed by atoms with Crippen LogP contribution in [0, 0.1) is 0 Å². The van der Waals surface area contributed by atoms with Crippen molar-refractivity contribution in [3.8, 4) is 0 Å². The molecule has 0 spiro atoms. The molecule has 0 saturated heterocycles. The number of carbonyl (C=O) groups is 1. The van der Waals surface area contributed by atoms with E-state index in [1.165, 1.54) is 64.2 Å². The van der Waals surface area contributed by atoms with Crippen molar-refractivity contribution in [1.29, 1.82) is 0 Å². The van der Waals surface area contributed by atoms with Crippen LogP contribution in [0.25, 0.3) is 0 Å². The van der Waals surface area contributed by atoms with Gasteiger partial charge in [-0.1, -0.05) is 139 Å². The molecule has 1 unspecified atom stereocenters. The van der Waals surface area contributed by atoms with Crippen LogP contribution in [-0.2, 0) is 14.3 Å². The third-order valence-electron chi connectivity index (χ3n) is 6.14. The molecule has 0 aromatic rings. The topological polar surface area (TPSA) is 55.8 Å². The minimum absolute atomic E-state index is 0.211. The molecule has 4 nitrogen and oxygen atoms in total. The number of aliphatic hydroxyl groups is 1. The fraction of sp³-hybridized carbons (Fsp3) is 0.676. The van der Waals surface area contributed by atoms with Gasteiger partial charge in [0.05, 0.1) is 19.6 Å². The zero-order valence-electron chi connectivity index (χ0n) is 24.7. The normalized spacial score (nSPS) is 13.2. The van der Waals surface area contributed by atoms with E-state index in [2.05, 4.69) is 62.5 Å². The third kappa shape index (κ3) is 28.7. The number of ether oxygens (including phenoxy) is 2. The number of hydrogen-bond acceptors (Lipinski definition) is 4. The molecular formula is C34H58O4. The van der Waals surface area contributed by atoms with Crippen molar-refractivity contribution < 1.29 is 19.4 Å². The van der Waals surface area contributed by atoms with Crippen molar-refractivity contribution in [2.24, 2.45) is 0 Å². The Morgan fingerprint density at radius 3 is 1.55 bits per heavy atom. The van der Waals surface area contributed by atoms with Crippen LogP contribution in [0.3, 0.4) is 0 Å². The molecule has 0 aromatic carbocycles. The predicted molar refractivity (Wildman–Crippen MR) is 163 cm³/mol. The highest BCUT2D eigenvalue weighted by Gasteiger charge is 2.12. The summed E-state index contributed by atoms with van der Waals surface area (Å²) in [5, 5.41) is 9.47. The van der Waals surface area contributed by atoms with Gasteiger partial charge in [0.15, 0.2) is 0 Å². The molecule has 0 rings (SSSR count). The van der Waals surface area contributed by atoms with Gasteiger partial charge in [-0.05, 0) is 38.5 Å². The van der Waals surface area contributed by atoms with E-state index in [-0.39, 0.29) is 25.6 Å². The molecule has 1 atom stereocenters. The van der Waals surface area contributed by atoms with Gasteiger partial charge in [-0.25, -0.2) is 0 Å². The van der Waals surface area contributed by atoms with E-state index in [4.69, 9.17) is 9.47 Å². The molecule has 0 radical (unpaired) electrons. The smallest absolute Gasteiger partial charge is 0.310 e. The summed E-state index contributed by atoms with van der Waals surface area (Å²) in [4.78, 5) is 12.0. The van der Waals surface area contributed by atoms with E-state index in [9.17, 15) is 9.90 Å². The summed E-state index contributed by atoms with van der Waals surface area (Å²) in [5.41, 5.74) is 0. The lowest BCUT2D eigenvalue weighted by molar-refractivity contribution is -0.153. The van der Waals surface area contributed by atoms with E-state index in [0.29, 0.717) is 6.61 Å². The first-order chi connectivity index (χ1) is 18.7. The molecule has 1 N–H and O–H groups in total. The molecule has 0 aliphatic heterocycles. The lowest BCUT2D eigenvalue weighted by Crippen LogP contribution is -2.27. The Kier molecular flexibility index (Phi) is 29.7. The summed E-state index contributed by atoms with van der Waals surface area (Å²) in [7, 11) is 0. The van der Waals surface area contributed by atoms with Crippen molar-refractivity contribution in [3.05, 3.63) is 60.8 Å². The van der Waals surface area contributed by atoms with Gasteiger partial charge in [-0.15, -0.1) is 0 Å². The van der Waals surface area contributed by atoms with Crippen LogP contribution in [0.5, 0.6) is 0 Å². The number of rotatable bonds is 27. The Morgan fingerprint density at radius 1 is 0.632 bits per heavy atom. The SMILES string of the molecule is CC/C=C\C/C=C\C/C=C\C/C=C\C/C=C\CC(=O)OC(CO)COCCCCCCCCCCCCC. The Hall–Kier alpha value is -1.91. The number of allylic oxidation sites excluding steroid dienone is 9. The maximum absolute atomic E-state index is 12.0. The number of hydrogen-bond donors (Lipinski definition) is 1. The highest BCUT2D eigenvalue weighted by atomic mass is 16.6. The number of aliphatic hydroxyl groups excluding tert-OH is 1. The molecule has 0 aliphatic rings. The van der Waals surface area contributed by atoms with Crippen molar-refractivity contribution in [3.63, 3.8) is 0 Å². The first-order valence-electron chi connectivity index (χ1n) is 15.4. The lowest BCUT2D eigenvalue weighted by Gasteiger charge is -2.15. The van der Waals surface area contributed by atoms with Crippen LogP contribution in [0.1, 0.15) is 123 Å². The first kappa shape index (κ1) is 36.1. The molecule has 0 saturated carbocycles. The van der Waals surface area contributed by atoms with E-state index in [1.54, 1.807) is 0 Å². The fourth-order valence-electron chi connectivity index (χ4n) is 3.87. The van der Waals surface area contributed by atoms with E-state index >= 15 is 0 Å². The van der Waals surface area contributed by atoms with Crippen LogP contribution < -0.4 is 0 Å². The second-order valence-corrected chi connectivity index (χ2v) is 9.82. The number of carbonyl (C=O) groups excluding carboxylic acids is 1. The summed E-state index contributed by atoms with van der Waals surface area (Å²) < 4.78 is 10.9. The Bertz CT molecular complexity index is 645. The van der Waals surface area contributed by atoms with Gasteiger partial charge >= 0.3 is 5.97 Å². The van der Waals surface area contributed by atoms with Gasteiger partial charge < -0.3 is 14.6 Å². The molecule has 38 heavy (non-hydrogen) atoms. The largest absolute Gasteiger partial charge is 0.457 e. The monoisotopic (exact) mass is 530 g/mol. The molecule has 218 valence electrons. The van der Waals surface area contributed by atoms with Crippen molar-refractivity contribution in [1.82, 2.24) is 0 Å². The van der Waals surface area contributed by atoms with Crippen LogP contribution in [0.4, 0.5) is 0 Å². The van der Waals surface area contributed by atoms with Gasteiger partial charge in [0, 0.05) is 6.61 Å². The highest BCUT2D eigenvalue weighted by molar-refractivity contribution is 5.71. The number of esters is 1. The Morgan fingerprint density at radius 2 is 1.08 bits per heavy atom. The van der Waals surface area contributed by atoms with Crippen LogP contribution >= 0.6 is 0 Å². The second-order valence-electron chi connectivity index (χ2n) is 9.82. The van der Waals surface area contributed by atoms with Crippen LogP contribution in [0.2, 0.25) is 0 Å². The van der Waals surface area contributed by atoms with Crippen molar-refractivity contribution >= 4 is 5.97 Å². The zero-order valence-corrected chi connectivity index (χ0v) is 24.7. The fourth-order valence-corrected chi connectivity index (χ4v) is 3.87. The summed E-state index contributed by atoms with van der Waals surface area (Å²) in [6.45, 7) is 5.10. The van der Waals surface area contributed by atoms with Gasteiger partial charge in [-0.2, -0.15) is 0 Å². The Labute approximate surface area is 235 Å². The summed E-state index contributed by atoms with van der Waals surface area (Å²) >= 11 is 0. The standard InChI is InChI=1S/C34H58O4/c1-3-5-7-9-11-13-15-16-17-18-19-21-23-25-27-29-34(36)38-33(31-35)32-37-30-28-26-24-22-20-14-12-10-8-6-4-2/h5,7,11,13,16-17,19,21,25,27,33,35H,3-4,6,8-10,12,14-15,18,20,22-24,26,28-32H2,1-2H3/b7-5-,13-11-,17-16-,21-19-,27-25-. The highest BCUT2D eigenvalue weighted by Crippen LogP contribution is 2.11. The van der Waals surface area contributed by atoms with Gasteiger partial charge in [0.25, 0.3) is 0 Å². The van der Waals surface area contributed by atoms with Crippen molar-refractivity contribution in [2.45, 2.75) is 129 Å². The molecular weight excluding hydrogens is 472 g/mol. The quantitative estimate of drug-likeness (QED) is 0.0653. The third-order valence-corrected chi connectivity index (χ3v) is 6.14. The summed E-state index contributed by atoms with van der Waals surface area (Å²) in [6, 6.07) is 0. The average Bonchev–Trinajstić information content (AvgIpc) is 2.92. The predicted octanol–water partition coefficient (Wildman–Crippen LogP) is 9.36. The lowest BCUT2D eigenvalue weighted by atomic mass is 10.1. The number of unbranched alkanes of at least 4 members (excludes halogenated alkanes) is 10. The van der Waals surface area contributed by atoms with Crippen LogP contribution in [-0.4, -0.2) is 37.0 Å². The van der Waals surface area contributed by atoms with Gasteiger partial charge in [-0.3, -0.25) is 4.79 Å². The minimum atomic E-state index is -0.585. The van der Waals surface area contributed by atoms with E-state index < -0.39 is 6.10 Å². The average molecular weight is 531 g/mol. The molecule has 0 amide bonds. The summed E-state index contributed by atoms with van der Waals surface area (Å²) in [5.74, 6) is -0.330. The van der Waals surface area contributed by atoms with E-state index in [0.717, 1.165) is 38.5 Å². The molecule has 0 fully saturated rings. The molecule has 4 heteroatoms. The maximum atomic E-state index is 12.0. The van der Waals surface area contributed by atoms with Crippen molar-refractivity contribution in [2.75, 3.05) is 19.8 Å². The molecule has 0 heterocycles. The second kappa shape index (κ2) is 31.3. The van der Waals surface area contributed by atoms with Crippen LogP contribution in [0.15, 0.2) is 60.8 Å². The van der Waals surface area contributed by atoms with Gasteiger partial charge in [0.2, 0.25) is 0 Å². The minimum Gasteiger partial charge on any atom is -0.457 e. The molecule has 0 bridgehead atoms. The molecule has 0 aromatic heterocycles.